The summed E-state index contributed by atoms with van der Waals surface area (Å²) in [5.74, 6) is 1.15. The second-order valence-corrected chi connectivity index (χ2v) is 7.67. The number of ketones is 1. The lowest BCUT2D eigenvalue weighted by Gasteiger charge is -2.30. The zero-order chi connectivity index (χ0) is 20.1. The minimum Gasteiger partial charge on any atom is -0.477 e. The van der Waals surface area contributed by atoms with Crippen molar-refractivity contribution in [3.05, 3.63) is 63.9 Å². The molecule has 0 N–H and O–H groups in total. The van der Waals surface area contributed by atoms with Crippen LogP contribution in [0.25, 0.3) is 6.08 Å². The van der Waals surface area contributed by atoms with Crippen molar-refractivity contribution < 1.29 is 23.8 Å². The molecule has 0 amide bonds. The van der Waals surface area contributed by atoms with Crippen molar-refractivity contribution in [3.63, 3.8) is 0 Å². The van der Waals surface area contributed by atoms with E-state index in [4.69, 9.17) is 14.2 Å². The number of esters is 1. The first-order chi connectivity index (χ1) is 14.0. The van der Waals surface area contributed by atoms with Gasteiger partial charge in [-0.3, -0.25) is 9.69 Å². The van der Waals surface area contributed by atoms with E-state index < -0.39 is 5.97 Å². The summed E-state index contributed by atoms with van der Waals surface area (Å²) < 4.78 is 16.6. The zero-order valence-corrected chi connectivity index (χ0v) is 16.4. The highest BCUT2D eigenvalue weighted by Crippen LogP contribution is 2.44. The molecule has 6 nitrogen and oxygen atoms in total. The maximum absolute atomic E-state index is 13.0. The smallest absolute Gasteiger partial charge is 0.337 e. The predicted molar refractivity (Wildman–Crippen MR) is 106 cm³/mol. The van der Waals surface area contributed by atoms with E-state index in [0.29, 0.717) is 29.6 Å². The number of ether oxygens (including phenoxy) is 3. The maximum atomic E-state index is 13.0. The minimum atomic E-state index is -0.397. The molecule has 2 aromatic rings. The third kappa shape index (κ3) is 3.09. The van der Waals surface area contributed by atoms with Gasteiger partial charge in [0, 0.05) is 23.7 Å². The molecule has 1 saturated carbocycles. The second-order valence-electron chi connectivity index (χ2n) is 7.67. The third-order valence-electron chi connectivity index (χ3n) is 5.66. The van der Waals surface area contributed by atoms with Crippen molar-refractivity contribution in [3.8, 4) is 11.5 Å². The lowest BCUT2D eigenvalue weighted by atomic mass is 10.00. The maximum Gasteiger partial charge on any atom is 0.337 e. The number of nitrogens with zero attached hydrogens (tertiary/aromatic N) is 1. The Morgan fingerprint density at radius 1 is 1.21 bits per heavy atom. The third-order valence-corrected chi connectivity index (χ3v) is 5.66. The van der Waals surface area contributed by atoms with Gasteiger partial charge in [0.1, 0.15) is 18.2 Å². The molecule has 2 heterocycles. The number of rotatable bonds is 3. The average Bonchev–Trinajstić information content (AvgIpc) is 3.55. The normalized spacial score (nSPS) is 19.4. The van der Waals surface area contributed by atoms with Gasteiger partial charge in [0.2, 0.25) is 5.78 Å². The van der Waals surface area contributed by atoms with Gasteiger partial charge in [0.15, 0.2) is 5.76 Å². The fourth-order valence-corrected chi connectivity index (χ4v) is 3.92. The van der Waals surface area contributed by atoms with Crippen LogP contribution in [0.5, 0.6) is 11.5 Å². The van der Waals surface area contributed by atoms with Crippen LogP contribution in [0.4, 0.5) is 0 Å². The number of benzene rings is 2. The molecule has 6 heteroatoms. The van der Waals surface area contributed by atoms with E-state index in [1.165, 1.54) is 20.0 Å². The Kier molecular flexibility index (Phi) is 4.17. The number of hydrogen-bond acceptors (Lipinski definition) is 6. The van der Waals surface area contributed by atoms with Crippen LogP contribution in [-0.2, 0) is 11.3 Å². The van der Waals surface area contributed by atoms with E-state index in [0.717, 1.165) is 29.0 Å². The van der Waals surface area contributed by atoms with Crippen molar-refractivity contribution in [1.29, 1.82) is 0 Å². The lowest BCUT2D eigenvalue weighted by Crippen LogP contribution is -2.34. The van der Waals surface area contributed by atoms with Gasteiger partial charge in [0.25, 0.3) is 0 Å². The first-order valence-electron chi connectivity index (χ1n) is 9.71. The molecule has 0 bridgehead atoms. The lowest BCUT2D eigenvalue weighted by molar-refractivity contribution is 0.0600. The summed E-state index contributed by atoms with van der Waals surface area (Å²) in [6.07, 6.45) is 4.12. The largest absolute Gasteiger partial charge is 0.477 e. The van der Waals surface area contributed by atoms with E-state index in [-0.39, 0.29) is 11.5 Å². The summed E-state index contributed by atoms with van der Waals surface area (Å²) in [7, 11) is 1.34. The van der Waals surface area contributed by atoms with Crippen molar-refractivity contribution in [2.45, 2.75) is 32.4 Å². The molecule has 29 heavy (non-hydrogen) atoms. The van der Waals surface area contributed by atoms with Gasteiger partial charge in [-0.15, -0.1) is 0 Å². The van der Waals surface area contributed by atoms with E-state index in [1.807, 2.05) is 13.0 Å². The molecule has 1 fully saturated rings. The Morgan fingerprint density at radius 2 is 1.97 bits per heavy atom. The summed E-state index contributed by atoms with van der Waals surface area (Å²) in [6, 6.07) is 9.35. The molecule has 1 aliphatic carbocycles. The van der Waals surface area contributed by atoms with Gasteiger partial charge in [-0.25, -0.2) is 4.79 Å². The molecule has 0 radical (unpaired) electrons. The monoisotopic (exact) mass is 391 g/mol. The average molecular weight is 391 g/mol. The van der Waals surface area contributed by atoms with E-state index in [1.54, 1.807) is 30.3 Å². The molecule has 3 aliphatic rings. The summed E-state index contributed by atoms with van der Waals surface area (Å²) in [4.78, 5) is 26.9. The first-order valence-corrected chi connectivity index (χ1v) is 9.71. The van der Waals surface area contributed by atoms with Crippen LogP contribution in [0.1, 0.15) is 50.2 Å². The fourth-order valence-electron chi connectivity index (χ4n) is 3.92. The molecule has 0 atom stereocenters. The number of carbonyl (C=O) groups is 2. The van der Waals surface area contributed by atoms with Crippen LogP contribution in [0, 0.1) is 6.92 Å². The van der Waals surface area contributed by atoms with Gasteiger partial charge in [-0.1, -0.05) is 12.1 Å². The summed E-state index contributed by atoms with van der Waals surface area (Å²) in [5, 5.41) is 0. The SMILES string of the molecule is COC(=O)c1ccc(/C=C2\Oc3c(cc4c(c3C)OCN(C3CC3)C4)C2=O)cc1. The highest BCUT2D eigenvalue weighted by Gasteiger charge is 2.36. The van der Waals surface area contributed by atoms with Crippen molar-refractivity contribution >= 4 is 17.8 Å². The van der Waals surface area contributed by atoms with Crippen molar-refractivity contribution in [2.24, 2.45) is 0 Å². The molecule has 0 unspecified atom stereocenters. The van der Waals surface area contributed by atoms with Crippen LogP contribution in [-0.4, -0.2) is 36.5 Å². The molecule has 0 aromatic heterocycles. The first kappa shape index (κ1) is 17.9. The molecule has 5 rings (SSSR count). The Balaban J connectivity index is 1.44. The summed E-state index contributed by atoms with van der Waals surface area (Å²) >= 11 is 0. The van der Waals surface area contributed by atoms with Crippen molar-refractivity contribution in [1.82, 2.24) is 4.90 Å². The molecule has 2 aliphatic heterocycles. The predicted octanol–water partition coefficient (Wildman–Crippen LogP) is 3.71. The minimum absolute atomic E-state index is 0.133. The fraction of sp³-hybridized carbons (Fsp3) is 0.304. The Morgan fingerprint density at radius 3 is 2.66 bits per heavy atom. The Labute approximate surface area is 168 Å². The van der Waals surface area contributed by atoms with Crippen molar-refractivity contribution in [2.75, 3.05) is 13.8 Å². The van der Waals surface area contributed by atoms with E-state index in [9.17, 15) is 9.59 Å². The number of Topliss-reactive ketones (excluding diaryl/α,β-unsaturated/α-hetero) is 1. The van der Waals surface area contributed by atoms with Gasteiger partial charge < -0.3 is 14.2 Å². The number of allylic oxidation sites excluding steroid dienone is 1. The number of fused-ring (bicyclic) bond motifs is 2. The number of methoxy groups -OCH3 is 1. The van der Waals surface area contributed by atoms with Gasteiger partial charge in [-0.2, -0.15) is 0 Å². The van der Waals surface area contributed by atoms with Gasteiger partial charge in [0.05, 0.1) is 18.2 Å². The number of hydrogen-bond donors (Lipinski definition) is 0. The second kappa shape index (κ2) is 6.74. The zero-order valence-electron chi connectivity index (χ0n) is 16.4. The number of carbonyl (C=O) groups excluding carboxylic acids is 2. The quantitative estimate of drug-likeness (QED) is 0.587. The molecular weight excluding hydrogens is 370 g/mol. The molecule has 0 spiro atoms. The standard InChI is InChI=1S/C23H21NO5/c1-13-21-16(11-24(12-28-21)17-7-8-17)10-18-20(25)19(29-22(13)18)9-14-3-5-15(6-4-14)23(26)27-2/h3-6,9-10,17H,7-8,11-12H2,1-2H3/b19-9-. The molecule has 2 aromatic carbocycles. The van der Waals surface area contributed by atoms with Gasteiger partial charge in [-0.05, 0) is 49.6 Å². The van der Waals surface area contributed by atoms with E-state index in [2.05, 4.69) is 4.90 Å². The van der Waals surface area contributed by atoms with Crippen LogP contribution in [0.15, 0.2) is 36.1 Å². The van der Waals surface area contributed by atoms with Crippen LogP contribution >= 0.6 is 0 Å². The van der Waals surface area contributed by atoms with Crippen LogP contribution < -0.4 is 9.47 Å². The topological polar surface area (TPSA) is 65.1 Å². The Hall–Kier alpha value is -3.12. The molecular formula is C23H21NO5. The summed E-state index contributed by atoms with van der Waals surface area (Å²) in [5.41, 5.74) is 3.72. The highest BCUT2D eigenvalue weighted by atomic mass is 16.5. The molecule has 0 saturated heterocycles. The highest BCUT2D eigenvalue weighted by molar-refractivity contribution is 6.15. The molecule has 148 valence electrons. The van der Waals surface area contributed by atoms with Gasteiger partial charge >= 0.3 is 5.97 Å². The summed E-state index contributed by atoms with van der Waals surface area (Å²) in [6.45, 7) is 3.32. The Bertz CT molecular complexity index is 1050. The van der Waals surface area contributed by atoms with E-state index >= 15 is 0 Å². The van der Waals surface area contributed by atoms with Crippen LogP contribution in [0.3, 0.4) is 0 Å². The van der Waals surface area contributed by atoms with Crippen LogP contribution in [0.2, 0.25) is 0 Å².